The van der Waals surface area contributed by atoms with E-state index in [2.05, 4.69) is 17.3 Å². The minimum absolute atomic E-state index is 0.534. The maximum absolute atomic E-state index is 6.39. The molecule has 1 aromatic heterocycles. The fourth-order valence-electron chi connectivity index (χ4n) is 3.20. The molecule has 5 heteroatoms. The van der Waals surface area contributed by atoms with E-state index in [-0.39, 0.29) is 0 Å². The molecule has 2 rings (SSSR count). The lowest BCUT2D eigenvalue weighted by Crippen LogP contribution is -2.26. The first-order valence-corrected chi connectivity index (χ1v) is 8.06. The lowest BCUT2D eigenvalue weighted by Gasteiger charge is -2.22. The summed E-state index contributed by atoms with van der Waals surface area (Å²) < 4.78 is 7.20. The van der Waals surface area contributed by atoms with Crippen molar-refractivity contribution >= 4 is 11.6 Å². The maximum Gasteiger partial charge on any atom is 0.0820 e. The van der Waals surface area contributed by atoms with Crippen LogP contribution in [0.4, 0.5) is 0 Å². The van der Waals surface area contributed by atoms with E-state index in [1.807, 2.05) is 4.68 Å². The van der Waals surface area contributed by atoms with E-state index < -0.39 is 0 Å². The SMILES string of the molecule is CCCNCC1CCCC1c1c(Cl)cnn1CCOC. The van der Waals surface area contributed by atoms with Gasteiger partial charge in [0.05, 0.1) is 30.1 Å². The molecular formula is C15H26ClN3O. The summed E-state index contributed by atoms with van der Waals surface area (Å²) in [6.45, 7) is 5.85. The number of nitrogens with one attached hydrogen (secondary N) is 1. The van der Waals surface area contributed by atoms with Crippen molar-refractivity contribution in [3.05, 3.63) is 16.9 Å². The van der Waals surface area contributed by atoms with Gasteiger partial charge in [-0.25, -0.2) is 0 Å². The van der Waals surface area contributed by atoms with Crippen LogP contribution in [-0.4, -0.2) is 36.6 Å². The second-order valence-electron chi connectivity index (χ2n) is 5.60. The standard InChI is InChI=1S/C15H26ClN3O/c1-3-7-17-10-12-5-4-6-13(12)15-14(16)11-18-19(15)8-9-20-2/h11-13,17H,3-10H2,1-2H3. The number of methoxy groups -OCH3 is 1. The molecule has 114 valence electrons. The summed E-state index contributed by atoms with van der Waals surface area (Å²) in [4.78, 5) is 0. The van der Waals surface area contributed by atoms with E-state index in [9.17, 15) is 0 Å². The summed E-state index contributed by atoms with van der Waals surface area (Å²) in [6, 6.07) is 0. The normalized spacial score (nSPS) is 22.6. The van der Waals surface area contributed by atoms with Gasteiger partial charge in [-0.15, -0.1) is 0 Å². The van der Waals surface area contributed by atoms with Crippen molar-refractivity contribution in [2.75, 3.05) is 26.8 Å². The van der Waals surface area contributed by atoms with Crippen LogP contribution in [0.25, 0.3) is 0 Å². The van der Waals surface area contributed by atoms with Crippen molar-refractivity contribution in [2.45, 2.75) is 45.1 Å². The molecule has 0 spiro atoms. The zero-order valence-electron chi connectivity index (χ0n) is 12.6. The molecule has 0 bridgehead atoms. The molecule has 2 atom stereocenters. The Morgan fingerprint density at radius 3 is 3.10 bits per heavy atom. The molecular weight excluding hydrogens is 274 g/mol. The molecule has 0 aliphatic heterocycles. The number of ether oxygens (including phenoxy) is 1. The molecule has 4 nitrogen and oxygen atoms in total. The van der Waals surface area contributed by atoms with Gasteiger partial charge in [0.15, 0.2) is 0 Å². The van der Waals surface area contributed by atoms with Crippen LogP contribution in [0.15, 0.2) is 6.20 Å². The first kappa shape index (κ1) is 15.8. The van der Waals surface area contributed by atoms with Crippen LogP contribution in [0.5, 0.6) is 0 Å². The summed E-state index contributed by atoms with van der Waals surface area (Å²) in [5, 5.41) is 8.78. The van der Waals surface area contributed by atoms with Gasteiger partial charge in [0, 0.05) is 13.0 Å². The Balaban J connectivity index is 2.06. The van der Waals surface area contributed by atoms with E-state index in [0.29, 0.717) is 18.4 Å². The van der Waals surface area contributed by atoms with Gasteiger partial charge in [-0.3, -0.25) is 4.68 Å². The van der Waals surface area contributed by atoms with Crippen molar-refractivity contribution in [3.8, 4) is 0 Å². The first-order chi connectivity index (χ1) is 9.77. The van der Waals surface area contributed by atoms with Gasteiger partial charge in [0.25, 0.3) is 0 Å². The Morgan fingerprint density at radius 2 is 2.35 bits per heavy atom. The molecule has 1 aromatic rings. The molecule has 1 aliphatic carbocycles. The predicted octanol–water partition coefficient (Wildman–Crippen LogP) is 3.07. The van der Waals surface area contributed by atoms with Gasteiger partial charge >= 0.3 is 0 Å². The van der Waals surface area contributed by atoms with Crippen LogP contribution in [0, 0.1) is 5.92 Å². The third-order valence-electron chi connectivity index (χ3n) is 4.18. The highest BCUT2D eigenvalue weighted by Crippen LogP contribution is 2.41. The molecule has 0 saturated heterocycles. The van der Waals surface area contributed by atoms with E-state index in [4.69, 9.17) is 16.3 Å². The Bertz CT molecular complexity index is 408. The summed E-state index contributed by atoms with van der Waals surface area (Å²) in [7, 11) is 1.72. The average Bonchev–Trinajstić information content (AvgIpc) is 3.03. The van der Waals surface area contributed by atoms with Gasteiger partial charge in [0.1, 0.15) is 0 Å². The number of hydrogen-bond donors (Lipinski definition) is 1. The van der Waals surface area contributed by atoms with Crippen LogP contribution >= 0.6 is 11.6 Å². The molecule has 2 unspecified atom stereocenters. The zero-order valence-corrected chi connectivity index (χ0v) is 13.3. The van der Waals surface area contributed by atoms with Crippen LogP contribution in [-0.2, 0) is 11.3 Å². The quantitative estimate of drug-likeness (QED) is 0.750. The minimum Gasteiger partial charge on any atom is -0.383 e. The lowest BCUT2D eigenvalue weighted by atomic mass is 9.92. The van der Waals surface area contributed by atoms with Gasteiger partial charge < -0.3 is 10.1 Å². The van der Waals surface area contributed by atoms with Gasteiger partial charge in [0.2, 0.25) is 0 Å². The third-order valence-corrected chi connectivity index (χ3v) is 4.48. The van der Waals surface area contributed by atoms with Crippen LogP contribution < -0.4 is 5.32 Å². The Kier molecular flexibility index (Phi) is 6.33. The smallest absolute Gasteiger partial charge is 0.0820 e. The number of halogens is 1. The summed E-state index contributed by atoms with van der Waals surface area (Å²) >= 11 is 6.39. The van der Waals surface area contributed by atoms with Crippen LogP contribution in [0.1, 0.15) is 44.2 Å². The second-order valence-corrected chi connectivity index (χ2v) is 6.00. The number of nitrogens with zero attached hydrogens (tertiary/aromatic N) is 2. The van der Waals surface area contributed by atoms with Crippen molar-refractivity contribution in [1.29, 1.82) is 0 Å². The lowest BCUT2D eigenvalue weighted by molar-refractivity contribution is 0.181. The highest BCUT2D eigenvalue weighted by atomic mass is 35.5. The topological polar surface area (TPSA) is 39.1 Å². The number of aromatic nitrogens is 2. The van der Waals surface area contributed by atoms with E-state index in [0.717, 1.165) is 24.7 Å². The molecule has 0 aromatic carbocycles. The van der Waals surface area contributed by atoms with E-state index in [1.54, 1.807) is 13.3 Å². The first-order valence-electron chi connectivity index (χ1n) is 7.68. The highest BCUT2D eigenvalue weighted by molar-refractivity contribution is 6.31. The summed E-state index contributed by atoms with van der Waals surface area (Å²) in [5.41, 5.74) is 1.21. The molecule has 1 N–H and O–H groups in total. The van der Waals surface area contributed by atoms with Gasteiger partial charge in [-0.2, -0.15) is 5.10 Å². The zero-order chi connectivity index (χ0) is 14.4. The minimum atomic E-state index is 0.534. The van der Waals surface area contributed by atoms with Crippen molar-refractivity contribution in [2.24, 2.45) is 5.92 Å². The third kappa shape index (κ3) is 3.74. The van der Waals surface area contributed by atoms with Crippen LogP contribution in [0.2, 0.25) is 5.02 Å². The van der Waals surface area contributed by atoms with Gasteiger partial charge in [-0.05, 0) is 38.3 Å². The predicted molar refractivity (Wildman–Crippen MR) is 82.4 cm³/mol. The monoisotopic (exact) mass is 299 g/mol. The Hall–Kier alpha value is -0.580. The molecule has 20 heavy (non-hydrogen) atoms. The van der Waals surface area contributed by atoms with E-state index >= 15 is 0 Å². The Morgan fingerprint density at radius 1 is 1.50 bits per heavy atom. The number of hydrogen-bond acceptors (Lipinski definition) is 3. The molecule has 0 radical (unpaired) electrons. The Labute approximate surface area is 126 Å². The average molecular weight is 300 g/mol. The van der Waals surface area contributed by atoms with Crippen molar-refractivity contribution in [1.82, 2.24) is 15.1 Å². The molecule has 1 saturated carbocycles. The number of rotatable bonds is 8. The largest absolute Gasteiger partial charge is 0.383 e. The van der Waals surface area contributed by atoms with Crippen molar-refractivity contribution < 1.29 is 4.74 Å². The second kappa shape index (κ2) is 8.01. The summed E-state index contributed by atoms with van der Waals surface area (Å²) in [5.74, 6) is 1.21. The fourth-order valence-corrected chi connectivity index (χ4v) is 3.48. The van der Waals surface area contributed by atoms with E-state index in [1.165, 1.54) is 31.4 Å². The molecule has 1 fully saturated rings. The van der Waals surface area contributed by atoms with Crippen molar-refractivity contribution in [3.63, 3.8) is 0 Å². The van der Waals surface area contributed by atoms with Crippen LogP contribution in [0.3, 0.4) is 0 Å². The highest BCUT2D eigenvalue weighted by Gasteiger charge is 2.32. The fraction of sp³-hybridized carbons (Fsp3) is 0.800. The molecule has 1 aliphatic rings. The summed E-state index contributed by atoms with van der Waals surface area (Å²) in [6.07, 6.45) is 6.75. The maximum atomic E-state index is 6.39. The molecule has 1 heterocycles. The van der Waals surface area contributed by atoms with Gasteiger partial charge in [-0.1, -0.05) is 24.9 Å². The molecule has 0 amide bonds.